The van der Waals surface area contributed by atoms with Crippen molar-refractivity contribution in [1.82, 2.24) is 0 Å². The van der Waals surface area contributed by atoms with Crippen LogP contribution in [0.4, 0.5) is 0 Å². The van der Waals surface area contributed by atoms with Gasteiger partial charge in [0.25, 0.3) is 0 Å². The SMILES string of the molecule is CC(=O)OC1CCC2(C)C3CC4OC(=O)C(C)=C4C=C3CCC2C1(C)C. The minimum absolute atomic E-state index is 0.00537. The van der Waals surface area contributed by atoms with E-state index in [2.05, 4.69) is 26.8 Å². The van der Waals surface area contributed by atoms with Crippen LogP contribution in [0.2, 0.25) is 0 Å². The van der Waals surface area contributed by atoms with Crippen molar-refractivity contribution in [3.63, 3.8) is 0 Å². The number of ether oxygens (including phenoxy) is 2. The van der Waals surface area contributed by atoms with Crippen molar-refractivity contribution in [2.24, 2.45) is 22.7 Å². The number of carbonyl (C=O) groups is 2. The molecule has 2 saturated carbocycles. The molecule has 0 aromatic carbocycles. The maximum atomic E-state index is 12.0. The molecule has 0 aromatic heterocycles. The Balaban J connectivity index is 1.67. The van der Waals surface area contributed by atoms with E-state index in [-0.39, 0.29) is 35.0 Å². The fourth-order valence-electron chi connectivity index (χ4n) is 6.53. The van der Waals surface area contributed by atoms with E-state index in [0.717, 1.165) is 43.3 Å². The molecule has 1 aliphatic heterocycles. The highest BCUT2D eigenvalue weighted by Gasteiger charge is 2.58. The summed E-state index contributed by atoms with van der Waals surface area (Å²) in [5.74, 6) is 0.621. The lowest BCUT2D eigenvalue weighted by molar-refractivity contribution is -0.175. The van der Waals surface area contributed by atoms with Gasteiger partial charge >= 0.3 is 11.9 Å². The predicted octanol–water partition coefficient (Wildman–Crippen LogP) is 4.34. The third kappa shape index (κ3) is 2.40. The molecule has 0 spiro atoms. The summed E-state index contributed by atoms with van der Waals surface area (Å²) in [7, 11) is 0. The number of hydrogen-bond acceptors (Lipinski definition) is 4. The van der Waals surface area contributed by atoms with E-state index in [0.29, 0.717) is 11.8 Å². The van der Waals surface area contributed by atoms with Crippen molar-refractivity contribution in [3.05, 3.63) is 22.8 Å². The lowest BCUT2D eigenvalue weighted by atomic mass is 9.45. The third-order valence-corrected chi connectivity index (χ3v) is 7.87. The minimum atomic E-state index is -0.177. The second-order valence-electron chi connectivity index (χ2n) is 9.54. The Morgan fingerprint density at radius 2 is 2.00 bits per heavy atom. The second-order valence-corrected chi connectivity index (χ2v) is 9.54. The Hall–Kier alpha value is -1.58. The molecular formula is C22H30O4. The standard InChI is InChI=1S/C22H30O4/c1-12-15-10-14-6-7-18-21(3,4)19(25-13(2)23)8-9-22(18,5)16(14)11-17(15)26-20(12)24/h10,16-19H,6-9,11H2,1-5H3. The molecule has 26 heavy (non-hydrogen) atoms. The fraction of sp³-hybridized carbons (Fsp3) is 0.727. The zero-order valence-corrected chi connectivity index (χ0v) is 16.6. The number of allylic oxidation sites excluding steroid dienone is 1. The van der Waals surface area contributed by atoms with Crippen molar-refractivity contribution >= 4 is 11.9 Å². The third-order valence-electron chi connectivity index (χ3n) is 7.87. The van der Waals surface area contributed by atoms with Crippen LogP contribution in [0.5, 0.6) is 0 Å². The van der Waals surface area contributed by atoms with Gasteiger partial charge in [0, 0.05) is 23.5 Å². The first kappa shape index (κ1) is 17.8. The van der Waals surface area contributed by atoms with Gasteiger partial charge in [0.05, 0.1) is 0 Å². The molecular weight excluding hydrogens is 328 g/mol. The predicted molar refractivity (Wildman–Crippen MR) is 98.2 cm³/mol. The smallest absolute Gasteiger partial charge is 0.334 e. The average Bonchev–Trinajstić information content (AvgIpc) is 2.83. The van der Waals surface area contributed by atoms with Gasteiger partial charge in [0.1, 0.15) is 12.2 Å². The van der Waals surface area contributed by atoms with Crippen LogP contribution in [0.3, 0.4) is 0 Å². The zero-order valence-electron chi connectivity index (χ0n) is 16.6. The first-order chi connectivity index (χ1) is 12.1. The van der Waals surface area contributed by atoms with Gasteiger partial charge in [-0.3, -0.25) is 4.79 Å². The Labute approximate surface area is 156 Å². The first-order valence-corrected chi connectivity index (χ1v) is 9.94. The van der Waals surface area contributed by atoms with Crippen LogP contribution in [-0.2, 0) is 19.1 Å². The maximum absolute atomic E-state index is 12.0. The van der Waals surface area contributed by atoms with Crippen molar-refractivity contribution < 1.29 is 19.1 Å². The Morgan fingerprint density at radius 3 is 2.69 bits per heavy atom. The Bertz CT molecular complexity index is 728. The van der Waals surface area contributed by atoms with Gasteiger partial charge in [0.15, 0.2) is 0 Å². The molecule has 4 rings (SSSR count). The number of hydrogen-bond donors (Lipinski definition) is 0. The Morgan fingerprint density at radius 1 is 1.27 bits per heavy atom. The van der Waals surface area contributed by atoms with Gasteiger partial charge in [-0.15, -0.1) is 0 Å². The summed E-state index contributed by atoms with van der Waals surface area (Å²) in [6.45, 7) is 10.4. The molecule has 4 nitrogen and oxygen atoms in total. The zero-order chi connectivity index (χ0) is 18.9. The summed E-state index contributed by atoms with van der Waals surface area (Å²) in [4.78, 5) is 23.6. The second kappa shape index (κ2) is 5.71. The molecule has 4 aliphatic rings. The van der Waals surface area contributed by atoms with Gasteiger partial charge in [-0.05, 0) is 56.3 Å². The van der Waals surface area contributed by atoms with Crippen molar-refractivity contribution in [2.45, 2.75) is 78.9 Å². The summed E-state index contributed by atoms with van der Waals surface area (Å²) in [6.07, 6.45) is 7.26. The topological polar surface area (TPSA) is 52.6 Å². The van der Waals surface area contributed by atoms with E-state index < -0.39 is 0 Å². The van der Waals surface area contributed by atoms with Crippen LogP contribution in [0.1, 0.15) is 66.7 Å². The maximum Gasteiger partial charge on any atom is 0.334 e. The summed E-state index contributed by atoms with van der Waals surface area (Å²) in [5, 5.41) is 0. The summed E-state index contributed by atoms with van der Waals surface area (Å²) < 4.78 is 11.4. The molecule has 0 amide bonds. The molecule has 0 radical (unpaired) electrons. The monoisotopic (exact) mass is 358 g/mol. The van der Waals surface area contributed by atoms with E-state index in [1.165, 1.54) is 12.5 Å². The molecule has 0 saturated heterocycles. The molecule has 0 N–H and O–H groups in total. The highest BCUT2D eigenvalue weighted by atomic mass is 16.6. The largest absolute Gasteiger partial charge is 0.462 e. The minimum Gasteiger partial charge on any atom is -0.462 e. The lowest BCUT2D eigenvalue weighted by Gasteiger charge is -2.60. The van der Waals surface area contributed by atoms with Crippen LogP contribution in [0.25, 0.3) is 0 Å². The van der Waals surface area contributed by atoms with E-state index in [1.807, 2.05) is 6.92 Å². The van der Waals surface area contributed by atoms with Gasteiger partial charge in [0.2, 0.25) is 0 Å². The van der Waals surface area contributed by atoms with Gasteiger partial charge in [-0.1, -0.05) is 32.4 Å². The van der Waals surface area contributed by atoms with Crippen molar-refractivity contribution in [3.8, 4) is 0 Å². The molecule has 4 heteroatoms. The Kier molecular flexibility index (Phi) is 3.91. The van der Waals surface area contributed by atoms with Crippen LogP contribution in [0, 0.1) is 22.7 Å². The number of rotatable bonds is 1. The highest BCUT2D eigenvalue weighted by molar-refractivity contribution is 5.92. The average molecular weight is 358 g/mol. The summed E-state index contributed by atoms with van der Waals surface area (Å²) >= 11 is 0. The number of esters is 2. The first-order valence-electron chi connectivity index (χ1n) is 9.94. The quantitative estimate of drug-likeness (QED) is 0.654. The number of fused-ring (bicyclic) bond motifs is 4. The lowest BCUT2D eigenvalue weighted by Crippen LogP contribution is -2.56. The van der Waals surface area contributed by atoms with Gasteiger partial charge in [-0.25, -0.2) is 4.79 Å². The molecule has 0 bridgehead atoms. The van der Waals surface area contributed by atoms with E-state index in [4.69, 9.17) is 9.47 Å². The molecule has 5 atom stereocenters. The van der Waals surface area contributed by atoms with E-state index in [1.54, 1.807) is 0 Å². The van der Waals surface area contributed by atoms with Crippen LogP contribution in [-0.4, -0.2) is 24.1 Å². The molecule has 5 unspecified atom stereocenters. The molecule has 0 aromatic rings. The number of carbonyl (C=O) groups excluding carboxylic acids is 2. The molecule has 2 fully saturated rings. The van der Waals surface area contributed by atoms with Crippen molar-refractivity contribution in [2.75, 3.05) is 0 Å². The summed E-state index contributed by atoms with van der Waals surface area (Å²) in [5.41, 5.74) is 3.51. The van der Waals surface area contributed by atoms with Gasteiger partial charge in [-0.2, -0.15) is 0 Å². The fourth-order valence-corrected chi connectivity index (χ4v) is 6.53. The molecule has 142 valence electrons. The van der Waals surface area contributed by atoms with Crippen molar-refractivity contribution in [1.29, 1.82) is 0 Å². The van der Waals surface area contributed by atoms with Crippen LogP contribution < -0.4 is 0 Å². The van der Waals surface area contributed by atoms with E-state index >= 15 is 0 Å². The van der Waals surface area contributed by atoms with Crippen LogP contribution >= 0.6 is 0 Å². The summed E-state index contributed by atoms with van der Waals surface area (Å²) in [6, 6.07) is 0. The normalized spacial score (nSPS) is 40.8. The molecule has 1 heterocycles. The van der Waals surface area contributed by atoms with Gasteiger partial charge < -0.3 is 9.47 Å². The van der Waals surface area contributed by atoms with E-state index in [9.17, 15) is 9.59 Å². The highest BCUT2D eigenvalue weighted by Crippen LogP contribution is 2.63. The molecule has 3 aliphatic carbocycles. The van der Waals surface area contributed by atoms with Crippen LogP contribution in [0.15, 0.2) is 22.8 Å².